The summed E-state index contributed by atoms with van der Waals surface area (Å²) >= 11 is 0. The van der Waals surface area contributed by atoms with E-state index in [1.165, 1.54) is 13.2 Å². The normalized spacial score (nSPS) is 13.8. The quantitative estimate of drug-likeness (QED) is 0.212. The van der Waals surface area contributed by atoms with Crippen LogP contribution in [0, 0.1) is 19.7 Å². The number of nitrogens with one attached hydrogen (secondary N) is 1. The van der Waals surface area contributed by atoms with Gasteiger partial charge in [0.2, 0.25) is 0 Å². The Labute approximate surface area is 272 Å². The van der Waals surface area contributed by atoms with Crippen LogP contribution in [0.4, 0.5) is 4.39 Å². The van der Waals surface area contributed by atoms with Crippen molar-refractivity contribution in [2.75, 3.05) is 13.7 Å². The van der Waals surface area contributed by atoms with E-state index >= 15 is 4.39 Å². The van der Waals surface area contributed by atoms with Gasteiger partial charge in [-0.2, -0.15) is 5.10 Å². The molecule has 3 aromatic heterocycles. The minimum atomic E-state index is -1.13. The zero-order valence-corrected chi connectivity index (χ0v) is 28.1. The van der Waals surface area contributed by atoms with Gasteiger partial charge in [0.1, 0.15) is 5.65 Å². The molecule has 4 heterocycles. The fourth-order valence-corrected chi connectivity index (χ4v) is 6.47. The summed E-state index contributed by atoms with van der Waals surface area (Å²) < 4.78 is 36.7. The highest BCUT2D eigenvalue weighted by molar-refractivity contribution is 6.00. The number of hydrogen-bond acceptors (Lipinski definition) is 7. The fraction of sp³-hybridized carbons (Fsp3) is 0.389. The molecule has 11 heteroatoms. The van der Waals surface area contributed by atoms with Crippen LogP contribution in [0.15, 0.2) is 36.5 Å². The van der Waals surface area contributed by atoms with Crippen molar-refractivity contribution in [2.45, 2.75) is 65.7 Å². The number of amides is 1. The average molecular weight is 642 g/mol. The summed E-state index contributed by atoms with van der Waals surface area (Å²) in [7, 11) is 5.05. The number of nitrogens with zero attached hydrogens (tertiary/aromatic N) is 4. The Hall–Kier alpha value is -4.77. The summed E-state index contributed by atoms with van der Waals surface area (Å²) in [5.41, 5.74) is 6.09. The van der Waals surface area contributed by atoms with Crippen LogP contribution in [0.5, 0.6) is 5.75 Å². The molecule has 0 radical (unpaired) electrons. The number of aromatic nitrogens is 4. The molecule has 0 saturated heterocycles. The molecule has 1 amide bonds. The highest BCUT2D eigenvalue weighted by Gasteiger charge is 2.35. The maximum Gasteiger partial charge on any atom is 0.339 e. The lowest BCUT2D eigenvalue weighted by atomic mass is 9.86. The number of benzene rings is 2. The lowest BCUT2D eigenvalue weighted by Crippen LogP contribution is -2.29. The maximum absolute atomic E-state index is 15.8. The van der Waals surface area contributed by atoms with E-state index in [-0.39, 0.29) is 18.2 Å². The zero-order valence-electron chi connectivity index (χ0n) is 28.1. The lowest BCUT2D eigenvalue weighted by molar-refractivity contribution is -0.164. The molecule has 1 aliphatic rings. The van der Waals surface area contributed by atoms with Gasteiger partial charge < -0.3 is 24.1 Å². The Morgan fingerprint density at radius 3 is 2.64 bits per heavy atom. The van der Waals surface area contributed by atoms with Crippen molar-refractivity contribution in [2.24, 2.45) is 14.1 Å². The molecule has 0 spiro atoms. The standard InChI is InChI=1S/C36H40FN5O5/c1-19-24-10-9-13-46-31(24)27(37)16-25(19)30-26-15-23(18-38-34(43)21-11-12-28-22(14-21)17-39-42(28)7)41(6)33(26)40-20(2)29(30)32(35(44)45-8)47-36(3,4)5/h11-12,14-17,32H,9-10,13,18H2,1-8H3,(H,38,43)/t32-/m0/s1. The van der Waals surface area contributed by atoms with Crippen molar-refractivity contribution >= 4 is 33.8 Å². The van der Waals surface area contributed by atoms with Gasteiger partial charge in [0.05, 0.1) is 37.6 Å². The van der Waals surface area contributed by atoms with Gasteiger partial charge >= 0.3 is 5.97 Å². The predicted molar refractivity (Wildman–Crippen MR) is 177 cm³/mol. The Kier molecular flexibility index (Phi) is 8.29. The first kappa shape index (κ1) is 32.2. The van der Waals surface area contributed by atoms with Crippen molar-refractivity contribution in [3.63, 3.8) is 0 Å². The molecule has 47 heavy (non-hydrogen) atoms. The third-order valence-electron chi connectivity index (χ3n) is 8.80. The molecule has 1 N–H and O–H groups in total. The van der Waals surface area contributed by atoms with Gasteiger partial charge in [0.25, 0.3) is 5.91 Å². The molecule has 10 nitrogen and oxygen atoms in total. The highest BCUT2D eigenvalue weighted by atomic mass is 19.1. The van der Waals surface area contributed by atoms with Crippen LogP contribution in [-0.4, -0.2) is 50.5 Å². The maximum atomic E-state index is 15.8. The van der Waals surface area contributed by atoms with Gasteiger partial charge in [-0.15, -0.1) is 0 Å². The predicted octanol–water partition coefficient (Wildman–Crippen LogP) is 6.17. The van der Waals surface area contributed by atoms with Crippen LogP contribution in [0.2, 0.25) is 0 Å². The van der Waals surface area contributed by atoms with Crippen molar-refractivity contribution < 1.29 is 28.2 Å². The second kappa shape index (κ2) is 12.1. The minimum absolute atomic E-state index is 0.203. The van der Waals surface area contributed by atoms with E-state index < -0.39 is 23.5 Å². The summed E-state index contributed by atoms with van der Waals surface area (Å²) in [6.45, 7) is 10.0. The number of hydrogen-bond donors (Lipinski definition) is 1. The molecule has 1 aliphatic heterocycles. The molecule has 5 aromatic rings. The Bertz CT molecular complexity index is 2060. The van der Waals surface area contributed by atoms with Crippen LogP contribution >= 0.6 is 0 Å². The van der Waals surface area contributed by atoms with E-state index in [9.17, 15) is 9.59 Å². The van der Waals surface area contributed by atoms with Crippen LogP contribution in [0.3, 0.4) is 0 Å². The van der Waals surface area contributed by atoms with Crippen molar-refractivity contribution in [3.8, 4) is 16.9 Å². The van der Waals surface area contributed by atoms with E-state index in [1.54, 1.807) is 16.9 Å². The summed E-state index contributed by atoms with van der Waals surface area (Å²) in [4.78, 5) is 31.6. The summed E-state index contributed by atoms with van der Waals surface area (Å²) in [5, 5.41) is 8.86. The molecule has 246 valence electrons. The highest BCUT2D eigenvalue weighted by Crippen LogP contribution is 2.45. The molecule has 0 aliphatic carbocycles. The number of carbonyl (C=O) groups excluding carboxylic acids is 2. The summed E-state index contributed by atoms with van der Waals surface area (Å²) in [5.74, 6) is -1.01. The van der Waals surface area contributed by atoms with Gasteiger partial charge in [0.15, 0.2) is 17.7 Å². The van der Waals surface area contributed by atoms with Gasteiger partial charge in [-0.05, 0) is 88.9 Å². The molecule has 0 fully saturated rings. The molecule has 6 rings (SSSR count). The molecule has 0 bridgehead atoms. The number of aryl methyl sites for hydroxylation is 3. The van der Waals surface area contributed by atoms with E-state index in [1.807, 2.05) is 71.5 Å². The van der Waals surface area contributed by atoms with Gasteiger partial charge in [0, 0.05) is 58.5 Å². The molecule has 2 aromatic carbocycles. The van der Waals surface area contributed by atoms with Crippen molar-refractivity contribution in [3.05, 3.63) is 76.0 Å². The number of ether oxygens (including phenoxy) is 3. The first-order chi connectivity index (χ1) is 22.3. The molecule has 1 atom stereocenters. The monoisotopic (exact) mass is 641 g/mol. The Morgan fingerprint density at radius 1 is 1.15 bits per heavy atom. The van der Waals surface area contributed by atoms with E-state index in [2.05, 4.69) is 10.4 Å². The summed E-state index contributed by atoms with van der Waals surface area (Å²) in [6, 6.07) is 8.87. The van der Waals surface area contributed by atoms with Crippen molar-refractivity contribution in [1.29, 1.82) is 0 Å². The van der Waals surface area contributed by atoms with E-state index in [4.69, 9.17) is 19.2 Å². The number of carbonyl (C=O) groups is 2. The molecule has 0 unspecified atom stereocenters. The lowest BCUT2D eigenvalue weighted by Gasteiger charge is -2.29. The average Bonchev–Trinajstić information content (AvgIpc) is 3.57. The van der Waals surface area contributed by atoms with Crippen LogP contribution in [0.1, 0.15) is 71.7 Å². The topological polar surface area (TPSA) is 110 Å². The molecule has 0 saturated carbocycles. The molecular weight excluding hydrogens is 601 g/mol. The van der Waals surface area contributed by atoms with Crippen LogP contribution < -0.4 is 10.1 Å². The van der Waals surface area contributed by atoms with E-state index in [0.717, 1.165) is 34.1 Å². The Morgan fingerprint density at radius 2 is 1.91 bits per heavy atom. The molecular formula is C36H40FN5O5. The third kappa shape index (κ3) is 5.84. The largest absolute Gasteiger partial charge is 0.490 e. The third-order valence-corrected chi connectivity index (χ3v) is 8.80. The minimum Gasteiger partial charge on any atom is -0.490 e. The first-order valence-corrected chi connectivity index (χ1v) is 15.7. The second-order valence-electron chi connectivity index (χ2n) is 13.1. The number of esters is 1. The van der Waals surface area contributed by atoms with Gasteiger partial charge in [-0.25, -0.2) is 14.2 Å². The summed E-state index contributed by atoms with van der Waals surface area (Å²) in [6.07, 6.45) is 2.04. The first-order valence-electron chi connectivity index (χ1n) is 15.7. The van der Waals surface area contributed by atoms with Gasteiger partial charge in [-0.1, -0.05) is 0 Å². The van der Waals surface area contributed by atoms with Gasteiger partial charge in [-0.3, -0.25) is 9.48 Å². The van der Waals surface area contributed by atoms with Crippen molar-refractivity contribution in [1.82, 2.24) is 24.6 Å². The fourth-order valence-electron chi connectivity index (χ4n) is 6.47. The zero-order chi connectivity index (χ0) is 33.8. The Balaban J connectivity index is 1.51. The number of halogens is 1. The number of fused-ring (bicyclic) bond motifs is 3. The smallest absolute Gasteiger partial charge is 0.339 e. The second-order valence-corrected chi connectivity index (χ2v) is 13.1. The SMILES string of the molecule is COC(=O)[C@@H](OC(C)(C)C)c1c(C)nc2c(cc(CNC(=O)c3ccc4c(cnn4C)c3)n2C)c1-c1cc(F)c2c(c1C)CCCO2. The number of methoxy groups -OCH3 is 1. The van der Waals surface area contributed by atoms with E-state index in [0.29, 0.717) is 52.0 Å². The van der Waals surface area contributed by atoms with Crippen LogP contribution in [-0.2, 0) is 41.3 Å². The van der Waals surface area contributed by atoms with Crippen LogP contribution in [0.25, 0.3) is 33.1 Å². The number of pyridine rings is 1. The number of rotatable bonds is 7.